The monoisotopic (exact) mass is 672 g/mol. The van der Waals surface area contributed by atoms with Crippen molar-refractivity contribution in [1.29, 1.82) is 0 Å². The fourth-order valence-electron chi connectivity index (χ4n) is 6.98. The number of benzene rings is 4. The van der Waals surface area contributed by atoms with E-state index in [1.165, 1.54) is 69.3 Å². The van der Waals surface area contributed by atoms with Crippen molar-refractivity contribution in [1.82, 2.24) is 0 Å². The van der Waals surface area contributed by atoms with Crippen LogP contribution in [0.4, 0.5) is 0 Å². The van der Waals surface area contributed by atoms with Gasteiger partial charge in [0.1, 0.15) is 0 Å². The van der Waals surface area contributed by atoms with Gasteiger partial charge >= 0.3 is 262 Å². The summed E-state index contributed by atoms with van der Waals surface area (Å²) in [4.78, 5) is 0. The van der Waals surface area contributed by atoms with E-state index in [2.05, 4.69) is 127 Å². The first-order chi connectivity index (χ1) is 19.5. The second-order valence-corrected chi connectivity index (χ2v) is 28.8. The summed E-state index contributed by atoms with van der Waals surface area (Å²) in [6.45, 7) is 16.0. The molecule has 2 aliphatic rings. The number of hydrogen-bond donors (Lipinski definition) is 0. The summed E-state index contributed by atoms with van der Waals surface area (Å²) in [6.07, 6.45) is 2.47. The first-order valence-corrected chi connectivity index (χ1v) is 25.5. The summed E-state index contributed by atoms with van der Waals surface area (Å²) in [5.74, 6) is 1.32. The summed E-state index contributed by atoms with van der Waals surface area (Å²) in [6, 6.07) is 27.5. The van der Waals surface area contributed by atoms with E-state index < -0.39 is 27.4 Å². The van der Waals surface area contributed by atoms with Gasteiger partial charge in [-0.05, 0) is 0 Å². The van der Waals surface area contributed by atoms with Gasteiger partial charge in [-0.3, -0.25) is 0 Å². The fraction of sp³-hybridized carbons (Fsp3) is 0.297. The molecule has 1 heterocycles. The van der Waals surface area contributed by atoms with E-state index in [9.17, 15) is 0 Å². The van der Waals surface area contributed by atoms with Crippen molar-refractivity contribution in [3.05, 3.63) is 106 Å². The number of halogens is 2. The Bertz CT molecular complexity index is 1670. The van der Waals surface area contributed by atoms with Gasteiger partial charge in [-0.15, -0.1) is 0 Å². The van der Waals surface area contributed by atoms with Crippen LogP contribution in [0.3, 0.4) is 0 Å². The van der Waals surface area contributed by atoms with Crippen molar-refractivity contribution in [2.45, 2.75) is 63.9 Å². The molecule has 0 bridgehead atoms. The molecule has 1 unspecified atom stereocenters. The minimum absolute atomic E-state index is 0.101. The second kappa shape index (κ2) is 11.1. The summed E-state index contributed by atoms with van der Waals surface area (Å²) < 4.78 is 1.41. The number of hydrogen-bond acceptors (Lipinski definition) is 0. The molecule has 0 saturated carbocycles. The number of rotatable bonds is 6. The molecule has 0 nitrogen and oxygen atoms in total. The van der Waals surface area contributed by atoms with Gasteiger partial charge in [-0.2, -0.15) is 0 Å². The summed E-state index contributed by atoms with van der Waals surface area (Å²) in [7, 11) is 15.2. The number of aryl methyl sites for hydroxylation is 1. The molecule has 0 saturated heterocycles. The van der Waals surface area contributed by atoms with Crippen LogP contribution in [0.5, 0.6) is 0 Å². The van der Waals surface area contributed by atoms with Crippen LogP contribution < -0.4 is 13.6 Å². The van der Waals surface area contributed by atoms with Gasteiger partial charge in [-0.25, -0.2) is 0 Å². The zero-order valence-corrected chi connectivity index (χ0v) is 30.7. The quantitative estimate of drug-likeness (QED) is 0.158. The number of allylic oxidation sites excluding steroid dienone is 1. The minimum atomic E-state index is -4.00. The van der Waals surface area contributed by atoms with Crippen LogP contribution in [0.1, 0.15) is 84.8 Å². The molecule has 0 aromatic heterocycles. The Labute approximate surface area is 260 Å². The molecule has 0 radical (unpaired) electrons. The van der Waals surface area contributed by atoms with Gasteiger partial charge in [0.25, 0.3) is 0 Å². The standard InChI is InChI=1S/C25H31.C12H9Si.2ClH.Zr/c1-15(2)20-11-21(16(3)4)13-23(12-20)25-18(7)8-9-19-10-22(17(5)6)14-24(19)25;1-3-7-11-9(5-1)10-6-2-4-8-12(10)13-11;;;/h8-17H,1-7H3;1-7H,13H2;2*1H;/q;;;;+2/p-2. The van der Waals surface area contributed by atoms with E-state index in [1.807, 2.05) is 0 Å². The maximum atomic E-state index is 7.89. The SMILES string of the molecule is Cc1ccc2c(c1-c1cc(C(C)C)cc(C(C)C)c1)C=C(C(C)C)[CH]2[Zr]([Cl])([Cl])[c]1cccc2c1[SiH2]c1ccccc1-2. The molecule has 41 heavy (non-hydrogen) atoms. The van der Waals surface area contributed by atoms with Crippen molar-refractivity contribution >= 4 is 46.3 Å². The van der Waals surface area contributed by atoms with Gasteiger partial charge in [-0.1, -0.05) is 0 Å². The maximum absolute atomic E-state index is 7.89. The molecule has 1 atom stereocenters. The van der Waals surface area contributed by atoms with Crippen LogP contribution in [0.2, 0.25) is 0 Å². The van der Waals surface area contributed by atoms with Crippen molar-refractivity contribution in [3.63, 3.8) is 0 Å². The zero-order chi connectivity index (χ0) is 29.2. The molecular formula is C37H40Cl2SiZr. The first kappa shape index (κ1) is 29.4. The molecule has 0 fully saturated rings. The van der Waals surface area contributed by atoms with Gasteiger partial charge in [0, 0.05) is 0 Å². The fourth-order valence-corrected chi connectivity index (χ4v) is 24.0. The molecule has 0 spiro atoms. The van der Waals surface area contributed by atoms with Crippen molar-refractivity contribution in [2.24, 2.45) is 5.92 Å². The molecule has 210 valence electrons. The van der Waals surface area contributed by atoms with Crippen LogP contribution in [0.25, 0.3) is 28.3 Å². The Kier molecular flexibility index (Phi) is 7.95. The average Bonchev–Trinajstić information content (AvgIpc) is 3.52. The first-order valence-electron chi connectivity index (χ1n) is 15.1. The average molecular weight is 675 g/mol. The normalized spacial score (nSPS) is 16.5. The van der Waals surface area contributed by atoms with E-state index in [0.717, 1.165) is 0 Å². The van der Waals surface area contributed by atoms with Crippen LogP contribution in [0, 0.1) is 12.8 Å². The van der Waals surface area contributed by atoms with E-state index >= 15 is 0 Å². The Hall–Kier alpha value is -1.70. The molecule has 4 aromatic rings. The molecule has 6 rings (SSSR count). The van der Waals surface area contributed by atoms with Crippen LogP contribution in [0.15, 0.2) is 78.4 Å². The van der Waals surface area contributed by atoms with Crippen molar-refractivity contribution in [2.75, 3.05) is 0 Å². The molecule has 1 aliphatic heterocycles. The van der Waals surface area contributed by atoms with Gasteiger partial charge in [0.05, 0.1) is 0 Å². The zero-order valence-electron chi connectivity index (χ0n) is 25.3. The van der Waals surface area contributed by atoms with Gasteiger partial charge in [0.2, 0.25) is 0 Å². The summed E-state index contributed by atoms with van der Waals surface area (Å²) >= 11 is -4.00. The molecule has 4 heteroatoms. The summed E-state index contributed by atoms with van der Waals surface area (Å²) in [5.41, 5.74) is 13.6. The Balaban J connectivity index is 1.54. The molecule has 4 aromatic carbocycles. The summed E-state index contributed by atoms with van der Waals surface area (Å²) in [5, 5.41) is 3.00. The van der Waals surface area contributed by atoms with Crippen molar-refractivity contribution < 1.29 is 17.9 Å². The van der Waals surface area contributed by atoms with E-state index in [-0.39, 0.29) is 3.63 Å². The van der Waals surface area contributed by atoms with Crippen molar-refractivity contribution in [3.8, 4) is 22.3 Å². The third kappa shape index (κ3) is 5.02. The molecule has 0 N–H and O–H groups in total. The van der Waals surface area contributed by atoms with Crippen LogP contribution in [-0.2, 0) is 17.9 Å². The second-order valence-electron chi connectivity index (χ2n) is 13.0. The predicted molar refractivity (Wildman–Crippen MR) is 181 cm³/mol. The Morgan fingerprint density at radius 3 is 2.05 bits per heavy atom. The molecule has 0 amide bonds. The predicted octanol–water partition coefficient (Wildman–Crippen LogP) is 8.89. The third-order valence-corrected chi connectivity index (χ3v) is 23.5. The topological polar surface area (TPSA) is 0 Å². The van der Waals surface area contributed by atoms with Gasteiger partial charge in [0.15, 0.2) is 0 Å². The Morgan fingerprint density at radius 1 is 0.732 bits per heavy atom. The van der Waals surface area contributed by atoms with E-state index in [4.69, 9.17) is 17.0 Å². The van der Waals surface area contributed by atoms with Gasteiger partial charge < -0.3 is 0 Å². The number of fused-ring (bicyclic) bond motifs is 4. The van der Waals surface area contributed by atoms with E-state index in [0.29, 0.717) is 17.8 Å². The van der Waals surface area contributed by atoms with E-state index in [1.54, 1.807) is 0 Å². The molecule has 1 aliphatic carbocycles. The third-order valence-electron chi connectivity index (χ3n) is 9.28. The Morgan fingerprint density at radius 2 is 1.39 bits per heavy atom. The molecular weight excluding hydrogens is 635 g/mol. The van der Waals surface area contributed by atoms with Crippen LogP contribution >= 0.6 is 17.0 Å². The van der Waals surface area contributed by atoms with Crippen LogP contribution in [-0.4, -0.2) is 9.52 Å².